The van der Waals surface area contributed by atoms with Crippen LogP contribution in [0, 0.1) is 11.8 Å². The van der Waals surface area contributed by atoms with E-state index in [1.807, 2.05) is 13.8 Å². The van der Waals surface area contributed by atoms with E-state index in [9.17, 15) is 0 Å². The molecule has 1 heterocycles. The first-order valence-corrected chi connectivity index (χ1v) is 6.35. The Hall–Kier alpha value is -0.0400. The SMILES string of the molecule is C.CC.CC(C)C1CCCN(C(C)C)C1. The molecule has 0 aromatic rings. The smallest absolute Gasteiger partial charge is 0.00387 e. The third-order valence-corrected chi connectivity index (χ3v) is 3.16. The van der Waals surface area contributed by atoms with Crippen molar-refractivity contribution < 1.29 is 0 Å². The quantitative estimate of drug-likeness (QED) is 0.659. The fraction of sp³-hybridized carbons (Fsp3) is 1.00. The van der Waals surface area contributed by atoms with Gasteiger partial charge in [-0.1, -0.05) is 35.1 Å². The zero-order valence-electron chi connectivity index (χ0n) is 11.0. The zero-order valence-corrected chi connectivity index (χ0v) is 11.0. The minimum atomic E-state index is 0. The van der Waals surface area contributed by atoms with Gasteiger partial charge in [0.25, 0.3) is 0 Å². The highest BCUT2D eigenvalue weighted by molar-refractivity contribution is 4.76. The van der Waals surface area contributed by atoms with E-state index in [1.165, 1.54) is 25.9 Å². The lowest BCUT2D eigenvalue weighted by molar-refractivity contribution is 0.117. The Kier molecular flexibility index (Phi) is 10.7. The first-order valence-electron chi connectivity index (χ1n) is 6.35. The van der Waals surface area contributed by atoms with E-state index in [1.54, 1.807) is 0 Å². The van der Waals surface area contributed by atoms with Gasteiger partial charge < -0.3 is 4.90 Å². The molecule has 1 rings (SSSR count). The normalized spacial score (nSPS) is 22.0. The fourth-order valence-corrected chi connectivity index (χ4v) is 2.05. The van der Waals surface area contributed by atoms with Crippen LogP contribution in [0.15, 0.2) is 0 Å². The van der Waals surface area contributed by atoms with Gasteiger partial charge in [-0.05, 0) is 45.1 Å². The zero-order chi connectivity index (χ0) is 11.1. The Labute approximate surface area is 98.2 Å². The van der Waals surface area contributed by atoms with Gasteiger partial charge in [0.2, 0.25) is 0 Å². The van der Waals surface area contributed by atoms with E-state index >= 15 is 0 Å². The highest BCUT2D eigenvalue weighted by Gasteiger charge is 2.23. The van der Waals surface area contributed by atoms with Crippen LogP contribution in [0.3, 0.4) is 0 Å². The van der Waals surface area contributed by atoms with Crippen molar-refractivity contribution in [2.24, 2.45) is 11.8 Å². The molecule has 0 amide bonds. The number of rotatable bonds is 2. The van der Waals surface area contributed by atoms with Crippen LogP contribution in [0.25, 0.3) is 0 Å². The van der Waals surface area contributed by atoms with E-state index in [0.717, 1.165) is 17.9 Å². The van der Waals surface area contributed by atoms with Crippen LogP contribution < -0.4 is 0 Å². The summed E-state index contributed by atoms with van der Waals surface area (Å²) in [6, 6.07) is 0.742. The van der Waals surface area contributed by atoms with Crippen molar-refractivity contribution in [2.75, 3.05) is 13.1 Å². The van der Waals surface area contributed by atoms with Crippen molar-refractivity contribution in [3.05, 3.63) is 0 Å². The minimum absolute atomic E-state index is 0. The minimum Gasteiger partial charge on any atom is -0.301 e. The Balaban J connectivity index is 0. The summed E-state index contributed by atoms with van der Waals surface area (Å²) in [6.07, 6.45) is 2.85. The predicted molar refractivity (Wildman–Crippen MR) is 72.4 cm³/mol. The van der Waals surface area contributed by atoms with Crippen molar-refractivity contribution in [3.63, 3.8) is 0 Å². The molecule has 1 atom stereocenters. The summed E-state index contributed by atoms with van der Waals surface area (Å²) < 4.78 is 0. The second-order valence-corrected chi connectivity index (χ2v) is 4.74. The third kappa shape index (κ3) is 6.19. The summed E-state index contributed by atoms with van der Waals surface area (Å²) in [6.45, 7) is 16.0. The van der Waals surface area contributed by atoms with E-state index in [4.69, 9.17) is 0 Å². The highest BCUT2D eigenvalue weighted by atomic mass is 15.2. The van der Waals surface area contributed by atoms with Gasteiger partial charge in [0.1, 0.15) is 0 Å². The Bertz CT molecular complexity index is 115. The average molecular weight is 215 g/mol. The van der Waals surface area contributed by atoms with E-state index in [2.05, 4.69) is 32.6 Å². The Morgan fingerprint density at radius 2 is 1.60 bits per heavy atom. The largest absolute Gasteiger partial charge is 0.301 e. The van der Waals surface area contributed by atoms with Gasteiger partial charge in [-0.3, -0.25) is 0 Å². The molecular weight excluding hydrogens is 182 g/mol. The van der Waals surface area contributed by atoms with Gasteiger partial charge in [-0.15, -0.1) is 0 Å². The lowest BCUT2D eigenvalue weighted by atomic mass is 9.87. The van der Waals surface area contributed by atoms with Crippen LogP contribution in [0.4, 0.5) is 0 Å². The van der Waals surface area contributed by atoms with Crippen LogP contribution in [-0.2, 0) is 0 Å². The monoisotopic (exact) mass is 215 g/mol. The van der Waals surface area contributed by atoms with Crippen molar-refractivity contribution in [2.45, 2.75) is 67.9 Å². The molecule has 1 heteroatoms. The van der Waals surface area contributed by atoms with E-state index in [0.29, 0.717) is 0 Å². The number of likely N-dealkylation sites (tertiary alicyclic amines) is 1. The van der Waals surface area contributed by atoms with Crippen molar-refractivity contribution in [3.8, 4) is 0 Å². The molecular formula is C14H33N. The number of nitrogens with zero attached hydrogens (tertiary/aromatic N) is 1. The Morgan fingerprint density at radius 3 is 2.00 bits per heavy atom. The topological polar surface area (TPSA) is 3.24 Å². The molecule has 0 aromatic heterocycles. The van der Waals surface area contributed by atoms with Crippen LogP contribution in [0.1, 0.15) is 61.8 Å². The molecule has 0 aliphatic carbocycles. The first kappa shape index (κ1) is 17.4. The van der Waals surface area contributed by atoms with Gasteiger partial charge in [-0.25, -0.2) is 0 Å². The molecule has 0 bridgehead atoms. The molecule has 0 spiro atoms. The lowest BCUT2D eigenvalue weighted by Gasteiger charge is -2.37. The molecule has 0 saturated carbocycles. The molecule has 0 radical (unpaired) electrons. The maximum Gasteiger partial charge on any atom is 0.00387 e. The first-order chi connectivity index (χ1) is 6.61. The summed E-state index contributed by atoms with van der Waals surface area (Å²) in [5, 5.41) is 0. The Morgan fingerprint density at radius 1 is 1.07 bits per heavy atom. The average Bonchev–Trinajstić information content (AvgIpc) is 2.21. The summed E-state index contributed by atoms with van der Waals surface area (Å²) in [7, 11) is 0. The second kappa shape index (κ2) is 9.21. The highest BCUT2D eigenvalue weighted by Crippen LogP contribution is 2.24. The van der Waals surface area contributed by atoms with Gasteiger partial charge in [0, 0.05) is 12.6 Å². The lowest BCUT2D eigenvalue weighted by Crippen LogP contribution is -2.41. The standard InChI is InChI=1S/C11H23N.C2H6.CH4/c1-9(2)11-6-5-7-12(8-11)10(3)4;1-2;/h9-11H,5-8H2,1-4H3;1-2H3;1H4. The molecule has 1 nitrogen and oxygen atoms in total. The van der Waals surface area contributed by atoms with E-state index in [-0.39, 0.29) is 7.43 Å². The van der Waals surface area contributed by atoms with Gasteiger partial charge in [-0.2, -0.15) is 0 Å². The molecule has 15 heavy (non-hydrogen) atoms. The van der Waals surface area contributed by atoms with E-state index < -0.39 is 0 Å². The molecule has 94 valence electrons. The molecule has 1 saturated heterocycles. The number of piperidine rings is 1. The third-order valence-electron chi connectivity index (χ3n) is 3.16. The molecule has 1 aliphatic heterocycles. The maximum atomic E-state index is 2.62. The fourth-order valence-electron chi connectivity index (χ4n) is 2.05. The van der Waals surface area contributed by atoms with Crippen LogP contribution >= 0.6 is 0 Å². The summed E-state index contributed by atoms with van der Waals surface area (Å²) in [5.74, 6) is 1.81. The van der Waals surface area contributed by atoms with Crippen LogP contribution in [-0.4, -0.2) is 24.0 Å². The molecule has 1 aliphatic rings. The predicted octanol–water partition coefficient (Wildman–Crippen LogP) is 4.43. The summed E-state index contributed by atoms with van der Waals surface area (Å²) in [5.41, 5.74) is 0. The van der Waals surface area contributed by atoms with Gasteiger partial charge in [0.05, 0.1) is 0 Å². The molecule has 0 N–H and O–H groups in total. The number of hydrogen-bond acceptors (Lipinski definition) is 1. The van der Waals surface area contributed by atoms with Crippen LogP contribution in [0.5, 0.6) is 0 Å². The summed E-state index contributed by atoms with van der Waals surface area (Å²) >= 11 is 0. The van der Waals surface area contributed by atoms with Crippen molar-refractivity contribution >= 4 is 0 Å². The second-order valence-electron chi connectivity index (χ2n) is 4.74. The van der Waals surface area contributed by atoms with Crippen LogP contribution in [0.2, 0.25) is 0 Å². The van der Waals surface area contributed by atoms with Crippen molar-refractivity contribution in [1.29, 1.82) is 0 Å². The maximum absolute atomic E-state index is 2.62. The van der Waals surface area contributed by atoms with Crippen molar-refractivity contribution in [1.82, 2.24) is 4.90 Å². The summed E-state index contributed by atoms with van der Waals surface area (Å²) in [4.78, 5) is 2.62. The molecule has 0 aromatic carbocycles. The molecule has 1 unspecified atom stereocenters. The van der Waals surface area contributed by atoms with Gasteiger partial charge in [0.15, 0.2) is 0 Å². The van der Waals surface area contributed by atoms with Gasteiger partial charge >= 0.3 is 0 Å². The molecule has 1 fully saturated rings. The number of hydrogen-bond donors (Lipinski definition) is 0.